The molecule has 0 amide bonds. The minimum Gasteiger partial charge on any atom is -0.456 e. The zero-order chi connectivity index (χ0) is 23.9. The summed E-state index contributed by atoms with van der Waals surface area (Å²) >= 11 is 1.53. The van der Waals surface area contributed by atoms with Gasteiger partial charge in [-0.1, -0.05) is 56.0 Å². The quantitative estimate of drug-likeness (QED) is 0.258. The molecule has 0 radical (unpaired) electrons. The average molecular weight is 477 g/mol. The molecule has 1 heterocycles. The van der Waals surface area contributed by atoms with Gasteiger partial charge in [-0.2, -0.15) is 0 Å². The number of ether oxygens (including phenoxy) is 1. The SMILES string of the molecule is CCCCC1CCC(N=C(N)Nc2nc(-c3ccccc3Oc3ccc(C)cc3C)cs2)CC1. The van der Waals surface area contributed by atoms with Gasteiger partial charge >= 0.3 is 0 Å². The molecule has 1 aliphatic rings. The van der Waals surface area contributed by atoms with Crippen LogP contribution in [0.5, 0.6) is 11.5 Å². The molecule has 0 aliphatic heterocycles. The third-order valence-corrected chi connectivity index (χ3v) is 7.31. The summed E-state index contributed by atoms with van der Waals surface area (Å²) in [6, 6.07) is 14.5. The van der Waals surface area contributed by atoms with Crippen LogP contribution < -0.4 is 15.8 Å². The smallest absolute Gasteiger partial charge is 0.195 e. The molecule has 1 aliphatic carbocycles. The molecular formula is C28H36N4OS. The molecule has 4 rings (SSSR count). The molecule has 3 N–H and O–H groups in total. The van der Waals surface area contributed by atoms with Crippen LogP contribution in [0.15, 0.2) is 52.8 Å². The van der Waals surface area contributed by atoms with Crippen LogP contribution in [-0.2, 0) is 0 Å². The van der Waals surface area contributed by atoms with Crippen molar-refractivity contribution in [3.63, 3.8) is 0 Å². The Hall–Kier alpha value is -2.86. The van der Waals surface area contributed by atoms with Crippen molar-refractivity contribution in [1.82, 2.24) is 4.98 Å². The summed E-state index contributed by atoms with van der Waals surface area (Å²) < 4.78 is 6.27. The number of hydrogen-bond donors (Lipinski definition) is 2. The lowest BCUT2D eigenvalue weighted by atomic mass is 9.83. The summed E-state index contributed by atoms with van der Waals surface area (Å²) in [4.78, 5) is 9.51. The Balaban J connectivity index is 1.40. The lowest BCUT2D eigenvalue weighted by Gasteiger charge is -2.26. The van der Waals surface area contributed by atoms with Crippen LogP contribution in [0.2, 0.25) is 0 Å². The standard InChI is InChI=1S/C28H36N4OS/c1-4-5-8-21-12-14-22(15-13-21)30-27(29)32-28-31-24(18-34-28)23-9-6-7-10-26(23)33-25-16-11-19(2)17-20(25)3/h6-7,9-11,16-18,21-22H,4-5,8,12-15H2,1-3H3,(H3,29,30,31,32). The largest absolute Gasteiger partial charge is 0.456 e. The van der Waals surface area contributed by atoms with E-state index >= 15 is 0 Å². The van der Waals surface area contributed by atoms with E-state index in [1.165, 1.54) is 49.0 Å². The molecule has 180 valence electrons. The molecule has 1 aromatic heterocycles. The number of guanidine groups is 1. The van der Waals surface area contributed by atoms with E-state index in [0.717, 1.165) is 52.2 Å². The number of rotatable bonds is 8. The molecule has 0 atom stereocenters. The summed E-state index contributed by atoms with van der Waals surface area (Å²) in [5, 5.41) is 5.97. The van der Waals surface area contributed by atoms with Crippen LogP contribution in [0.3, 0.4) is 0 Å². The highest BCUT2D eigenvalue weighted by atomic mass is 32.1. The van der Waals surface area contributed by atoms with Crippen LogP contribution in [0.1, 0.15) is 63.0 Å². The number of nitrogens with zero attached hydrogens (tertiary/aromatic N) is 2. The Labute approximate surface area is 207 Å². The third-order valence-electron chi connectivity index (χ3n) is 6.56. The molecule has 6 heteroatoms. The molecule has 34 heavy (non-hydrogen) atoms. The zero-order valence-corrected chi connectivity index (χ0v) is 21.3. The normalized spacial score (nSPS) is 18.6. The molecule has 0 saturated heterocycles. The second-order valence-corrected chi connectivity index (χ2v) is 10.2. The Kier molecular flexibility index (Phi) is 8.22. The summed E-state index contributed by atoms with van der Waals surface area (Å²) in [5.74, 6) is 2.96. The van der Waals surface area contributed by atoms with E-state index in [1.54, 1.807) is 0 Å². The van der Waals surface area contributed by atoms with E-state index in [2.05, 4.69) is 38.2 Å². The fourth-order valence-corrected chi connectivity index (χ4v) is 5.37. The number of nitrogens with one attached hydrogen (secondary N) is 1. The van der Waals surface area contributed by atoms with Crippen LogP contribution in [0.25, 0.3) is 11.3 Å². The van der Waals surface area contributed by atoms with Crippen molar-refractivity contribution in [3.05, 3.63) is 59.0 Å². The molecule has 5 nitrogen and oxygen atoms in total. The summed E-state index contributed by atoms with van der Waals surface area (Å²) in [7, 11) is 0. The third kappa shape index (κ3) is 6.38. The van der Waals surface area contributed by atoms with Gasteiger partial charge in [0, 0.05) is 10.9 Å². The number of aliphatic imine (C=N–C) groups is 1. The topological polar surface area (TPSA) is 72.5 Å². The van der Waals surface area contributed by atoms with Gasteiger partial charge < -0.3 is 15.8 Å². The van der Waals surface area contributed by atoms with Gasteiger partial charge in [0.2, 0.25) is 0 Å². The van der Waals surface area contributed by atoms with Crippen LogP contribution in [0, 0.1) is 19.8 Å². The van der Waals surface area contributed by atoms with Crippen LogP contribution >= 0.6 is 11.3 Å². The van der Waals surface area contributed by atoms with Crippen LogP contribution in [-0.4, -0.2) is 17.0 Å². The van der Waals surface area contributed by atoms with Gasteiger partial charge in [-0.15, -0.1) is 11.3 Å². The highest BCUT2D eigenvalue weighted by molar-refractivity contribution is 7.14. The van der Waals surface area contributed by atoms with Gasteiger partial charge in [0.05, 0.1) is 11.7 Å². The molecule has 1 fully saturated rings. The summed E-state index contributed by atoms with van der Waals surface area (Å²) in [5.41, 5.74) is 10.4. The Morgan fingerprint density at radius 1 is 1.12 bits per heavy atom. The molecule has 1 saturated carbocycles. The van der Waals surface area contributed by atoms with E-state index < -0.39 is 0 Å². The molecule has 0 bridgehead atoms. The number of aromatic nitrogens is 1. The van der Waals surface area contributed by atoms with Gasteiger partial charge in [-0.25, -0.2) is 9.98 Å². The number of unbranched alkanes of at least 4 members (excludes halogenated alkanes) is 1. The van der Waals surface area contributed by atoms with Gasteiger partial charge in [-0.05, 0) is 69.2 Å². The van der Waals surface area contributed by atoms with E-state index in [9.17, 15) is 0 Å². The number of nitrogens with two attached hydrogens (primary N) is 1. The van der Waals surface area contributed by atoms with Gasteiger partial charge in [0.15, 0.2) is 11.1 Å². The second-order valence-electron chi connectivity index (χ2n) is 9.36. The Morgan fingerprint density at radius 2 is 1.91 bits per heavy atom. The van der Waals surface area contributed by atoms with Crippen molar-refractivity contribution in [2.24, 2.45) is 16.6 Å². The van der Waals surface area contributed by atoms with E-state index in [-0.39, 0.29) is 0 Å². The molecule has 0 unspecified atom stereocenters. The zero-order valence-electron chi connectivity index (χ0n) is 20.5. The van der Waals surface area contributed by atoms with Crippen molar-refractivity contribution < 1.29 is 4.74 Å². The van der Waals surface area contributed by atoms with E-state index in [1.807, 2.05) is 35.7 Å². The van der Waals surface area contributed by atoms with Gasteiger partial charge in [0.25, 0.3) is 0 Å². The Bertz CT molecular complexity index is 1120. The first-order valence-corrected chi connectivity index (χ1v) is 13.3. The number of hydrogen-bond acceptors (Lipinski definition) is 4. The number of anilines is 1. The first-order valence-electron chi connectivity index (χ1n) is 12.4. The minimum atomic E-state index is 0.316. The monoisotopic (exact) mass is 476 g/mol. The summed E-state index contributed by atoms with van der Waals surface area (Å²) in [6.45, 7) is 6.42. The first-order chi connectivity index (χ1) is 16.5. The number of benzene rings is 2. The lowest BCUT2D eigenvalue weighted by molar-refractivity contribution is 0.306. The molecular weight excluding hydrogens is 440 g/mol. The highest BCUT2D eigenvalue weighted by Gasteiger charge is 2.20. The maximum absolute atomic E-state index is 6.27. The van der Waals surface area contributed by atoms with Gasteiger partial charge in [0.1, 0.15) is 11.5 Å². The molecule has 0 spiro atoms. The predicted molar refractivity (Wildman–Crippen MR) is 144 cm³/mol. The maximum Gasteiger partial charge on any atom is 0.195 e. The average Bonchev–Trinajstić information content (AvgIpc) is 3.29. The highest BCUT2D eigenvalue weighted by Crippen LogP contribution is 2.36. The Morgan fingerprint density at radius 3 is 2.68 bits per heavy atom. The fourth-order valence-electron chi connectivity index (χ4n) is 4.65. The first kappa shape index (κ1) is 24.3. The molecule has 3 aromatic rings. The minimum absolute atomic E-state index is 0.316. The predicted octanol–water partition coefficient (Wildman–Crippen LogP) is 7.69. The van der Waals surface area contributed by atoms with Crippen molar-refractivity contribution in [1.29, 1.82) is 0 Å². The summed E-state index contributed by atoms with van der Waals surface area (Å²) in [6.07, 6.45) is 8.77. The van der Waals surface area contributed by atoms with Crippen molar-refractivity contribution in [2.75, 3.05) is 5.32 Å². The lowest BCUT2D eigenvalue weighted by Crippen LogP contribution is -2.27. The second kappa shape index (κ2) is 11.5. The maximum atomic E-state index is 6.27. The number of thiazole rings is 1. The fraction of sp³-hybridized carbons (Fsp3) is 0.429. The van der Waals surface area contributed by atoms with Crippen molar-refractivity contribution in [3.8, 4) is 22.8 Å². The van der Waals surface area contributed by atoms with E-state index in [0.29, 0.717) is 12.0 Å². The number of aryl methyl sites for hydroxylation is 2. The van der Waals surface area contributed by atoms with Gasteiger partial charge in [-0.3, -0.25) is 0 Å². The van der Waals surface area contributed by atoms with E-state index in [4.69, 9.17) is 20.4 Å². The van der Waals surface area contributed by atoms with Crippen molar-refractivity contribution >= 4 is 22.4 Å². The van der Waals surface area contributed by atoms with Crippen molar-refractivity contribution in [2.45, 2.75) is 71.8 Å². The molecule has 2 aromatic carbocycles. The van der Waals surface area contributed by atoms with Crippen LogP contribution in [0.4, 0.5) is 5.13 Å². The number of para-hydroxylation sites is 1.